The van der Waals surface area contributed by atoms with Gasteiger partial charge in [-0.05, 0) is 50.5 Å². The van der Waals surface area contributed by atoms with Crippen LogP contribution in [0.4, 0.5) is 5.69 Å². The number of hydrogen-bond acceptors (Lipinski definition) is 5. The van der Waals surface area contributed by atoms with Gasteiger partial charge in [-0.25, -0.2) is 9.59 Å². The van der Waals surface area contributed by atoms with E-state index in [2.05, 4.69) is 24.8 Å². The van der Waals surface area contributed by atoms with Crippen LogP contribution in [0, 0.1) is 13.8 Å². The Morgan fingerprint density at radius 1 is 1.07 bits per heavy atom. The van der Waals surface area contributed by atoms with E-state index in [0.717, 1.165) is 40.9 Å². The fraction of sp³-hybridized carbons (Fsp3) is 0.304. The lowest BCUT2D eigenvalue weighted by Gasteiger charge is -2.23. The minimum atomic E-state index is -0.684. The van der Waals surface area contributed by atoms with Crippen molar-refractivity contribution < 1.29 is 13.9 Å². The summed E-state index contributed by atoms with van der Waals surface area (Å²) in [7, 11) is 1.26. The topological polar surface area (TPSA) is 59.8 Å². The molecule has 0 aliphatic carbocycles. The number of ether oxygens (including phenoxy) is 1. The van der Waals surface area contributed by atoms with Gasteiger partial charge in [0.15, 0.2) is 0 Å². The molecule has 3 rings (SSSR count). The van der Waals surface area contributed by atoms with E-state index < -0.39 is 11.6 Å². The van der Waals surface area contributed by atoms with Gasteiger partial charge in [0, 0.05) is 30.2 Å². The minimum Gasteiger partial charge on any atom is -0.465 e. The molecular weight excluding hydrogens is 354 g/mol. The van der Waals surface area contributed by atoms with Crippen molar-refractivity contribution >= 4 is 22.6 Å². The van der Waals surface area contributed by atoms with Gasteiger partial charge in [-0.1, -0.05) is 29.8 Å². The number of rotatable bonds is 5. The van der Waals surface area contributed by atoms with Crippen LogP contribution < -0.4 is 10.5 Å². The second kappa shape index (κ2) is 7.89. The van der Waals surface area contributed by atoms with Gasteiger partial charge in [0.2, 0.25) is 0 Å². The van der Waals surface area contributed by atoms with Gasteiger partial charge >= 0.3 is 11.6 Å². The molecule has 0 saturated carbocycles. The number of hydrogen-bond donors (Lipinski definition) is 0. The number of nitrogens with zero attached hydrogens (tertiary/aromatic N) is 1. The minimum absolute atomic E-state index is 0.0565. The number of fused-ring (bicyclic) bond motifs is 1. The summed E-state index contributed by atoms with van der Waals surface area (Å²) in [5.74, 6) is -0.684. The summed E-state index contributed by atoms with van der Waals surface area (Å²) in [6, 6.07) is 12.1. The zero-order chi connectivity index (χ0) is 20.4. The average molecular weight is 379 g/mol. The predicted molar refractivity (Wildman–Crippen MR) is 112 cm³/mol. The molecule has 146 valence electrons. The second-order valence-electron chi connectivity index (χ2n) is 6.79. The highest BCUT2D eigenvalue weighted by Gasteiger charge is 2.22. The molecule has 0 N–H and O–H groups in total. The second-order valence-corrected chi connectivity index (χ2v) is 6.79. The van der Waals surface area contributed by atoms with Crippen LogP contribution in [0.1, 0.15) is 35.3 Å². The molecule has 5 nitrogen and oxygen atoms in total. The standard InChI is InChI=1S/C23H25NO4/c1-6-24(7-2)17-12-18(16-10-8-14(3)9-11-16)20-15(4)21(22(25)27-5)23(26)28-19(20)13-17/h8-13H,6-7H2,1-5H3. The Balaban J connectivity index is 2.43. The molecule has 0 unspecified atom stereocenters. The highest BCUT2D eigenvalue weighted by atomic mass is 16.5. The Morgan fingerprint density at radius 3 is 2.29 bits per heavy atom. The fourth-order valence-electron chi connectivity index (χ4n) is 3.57. The van der Waals surface area contributed by atoms with Gasteiger partial charge in [0.1, 0.15) is 11.1 Å². The van der Waals surface area contributed by atoms with Crippen molar-refractivity contribution in [2.24, 2.45) is 0 Å². The van der Waals surface area contributed by atoms with Crippen LogP contribution in [0.15, 0.2) is 45.6 Å². The van der Waals surface area contributed by atoms with Crippen LogP contribution in [-0.4, -0.2) is 26.2 Å². The van der Waals surface area contributed by atoms with Crippen LogP contribution in [-0.2, 0) is 4.74 Å². The molecule has 0 fully saturated rings. The normalized spacial score (nSPS) is 10.9. The molecule has 1 heterocycles. The SMILES string of the molecule is CCN(CC)c1cc(-c2ccc(C)cc2)c2c(C)c(C(=O)OC)c(=O)oc2c1. The Labute approximate surface area is 164 Å². The summed E-state index contributed by atoms with van der Waals surface area (Å²) >= 11 is 0. The molecule has 3 aromatic rings. The maximum Gasteiger partial charge on any atom is 0.351 e. The number of methoxy groups -OCH3 is 1. The summed E-state index contributed by atoms with van der Waals surface area (Å²) in [4.78, 5) is 26.8. The summed E-state index contributed by atoms with van der Waals surface area (Å²) in [6.45, 7) is 9.63. The first kappa shape index (κ1) is 19.7. The van der Waals surface area contributed by atoms with Crippen molar-refractivity contribution in [3.63, 3.8) is 0 Å². The lowest BCUT2D eigenvalue weighted by Crippen LogP contribution is -2.22. The molecule has 0 aliphatic heterocycles. The molecule has 0 spiro atoms. The lowest BCUT2D eigenvalue weighted by molar-refractivity contribution is 0.0595. The summed E-state index contributed by atoms with van der Waals surface area (Å²) in [5.41, 5.74) is 4.35. The summed E-state index contributed by atoms with van der Waals surface area (Å²) in [5, 5.41) is 0.750. The van der Waals surface area contributed by atoms with Crippen LogP contribution in [0.3, 0.4) is 0 Å². The van der Waals surface area contributed by atoms with E-state index in [4.69, 9.17) is 9.15 Å². The van der Waals surface area contributed by atoms with Crippen molar-refractivity contribution in [1.82, 2.24) is 0 Å². The first-order valence-electron chi connectivity index (χ1n) is 9.43. The van der Waals surface area contributed by atoms with Crippen molar-refractivity contribution in [3.8, 4) is 11.1 Å². The fourth-order valence-corrected chi connectivity index (χ4v) is 3.57. The van der Waals surface area contributed by atoms with Gasteiger partial charge < -0.3 is 14.1 Å². The van der Waals surface area contributed by atoms with E-state index in [-0.39, 0.29) is 5.56 Å². The third-order valence-electron chi connectivity index (χ3n) is 5.12. The Bertz CT molecular complexity index is 1080. The molecule has 0 amide bonds. The van der Waals surface area contributed by atoms with Crippen molar-refractivity contribution in [2.75, 3.05) is 25.1 Å². The smallest absolute Gasteiger partial charge is 0.351 e. The molecule has 2 aromatic carbocycles. The van der Waals surface area contributed by atoms with Crippen molar-refractivity contribution in [2.45, 2.75) is 27.7 Å². The van der Waals surface area contributed by atoms with Crippen LogP contribution in [0.5, 0.6) is 0 Å². The van der Waals surface area contributed by atoms with E-state index in [1.165, 1.54) is 7.11 Å². The number of carbonyl (C=O) groups is 1. The first-order chi connectivity index (χ1) is 13.4. The number of anilines is 1. The van der Waals surface area contributed by atoms with Crippen LogP contribution >= 0.6 is 0 Å². The number of aryl methyl sites for hydroxylation is 2. The molecule has 0 atom stereocenters. The maximum atomic E-state index is 12.5. The molecule has 0 bridgehead atoms. The number of esters is 1. The van der Waals surface area contributed by atoms with Gasteiger partial charge in [0.05, 0.1) is 7.11 Å². The Kier molecular flexibility index (Phi) is 5.54. The number of benzene rings is 2. The summed E-state index contributed by atoms with van der Waals surface area (Å²) in [6.07, 6.45) is 0. The lowest BCUT2D eigenvalue weighted by atomic mass is 9.94. The molecule has 5 heteroatoms. The molecule has 0 radical (unpaired) electrons. The first-order valence-corrected chi connectivity index (χ1v) is 9.43. The summed E-state index contributed by atoms with van der Waals surface area (Å²) < 4.78 is 10.4. The number of carbonyl (C=O) groups excluding carboxylic acids is 1. The van der Waals surface area contributed by atoms with Gasteiger partial charge in [-0.15, -0.1) is 0 Å². The van der Waals surface area contributed by atoms with E-state index in [1.54, 1.807) is 6.92 Å². The van der Waals surface area contributed by atoms with Crippen molar-refractivity contribution in [3.05, 3.63) is 63.5 Å². The molecular formula is C23H25NO4. The predicted octanol–water partition coefficient (Wildman–Crippen LogP) is 4.71. The van der Waals surface area contributed by atoms with Gasteiger partial charge in [0.25, 0.3) is 0 Å². The Hall–Kier alpha value is -3.08. The third kappa shape index (κ3) is 3.40. The van der Waals surface area contributed by atoms with Crippen molar-refractivity contribution in [1.29, 1.82) is 0 Å². The highest BCUT2D eigenvalue weighted by Crippen LogP contribution is 2.36. The van der Waals surface area contributed by atoms with E-state index in [9.17, 15) is 9.59 Å². The highest BCUT2D eigenvalue weighted by molar-refractivity contribution is 6.03. The molecule has 28 heavy (non-hydrogen) atoms. The average Bonchev–Trinajstić information content (AvgIpc) is 2.68. The zero-order valence-corrected chi connectivity index (χ0v) is 17.0. The molecule has 0 saturated heterocycles. The van der Waals surface area contributed by atoms with Crippen LogP contribution in [0.25, 0.3) is 22.1 Å². The molecule has 1 aromatic heterocycles. The Morgan fingerprint density at radius 2 is 1.71 bits per heavy atom. The quantitative estimate of drug-likeness (QED) is 0.475. The van der Waals surface area contributed by atoms with Crippen LogP contribution in [0.2, 0.25) is 0 Å². The van der Waals surface area contributed by atoms with E-state index >= 15 is 0 Å². The van der Waals surface area contributed by atoms with E-state index in [1.807, 2.05) is 37.3 Å². The van der Waals surface area contributed by atoms with Gasteiger partial charge in [-0.2, -0.15) is 0 Å². The monoisotopic (exact) mass is 379 g/mol. The molecule has 0 aliphatic rings. The van der Waals surface area contributed by atoms with E-state index in [0.29, 0.717) is 11.1 Å². The van der Waals surface area contributed by atoms with Gasteiger partial charge in [-0.3, -0.25) is 0 Å². The maximum absolute atomic E-state index is 12.5. The zero-order valence-electron chi connectivity index (χ0n) is 17.0. The third-order valence-corrected chi connectivity index (χ3v) is 5.12. The largest absolute Gasteiger partial charge is 0.465 e.